The highest BCUT2D eigenvalue weighted by Gasteiger charge is 2.16. The minimum Gasteiger partial charge on any atom is -0.449 e. The molecule has 0 saturated carbocycles. The van der Waals surface area contributed by atoms with E-state index in [0.29, 0.717) is 13.2 Å². The van der Waals surface area contributed by atoms with E-state index < -0.39 is 0 Å². The molecule has 4 nitrogen and oxygen atoms in total. The Bertz CT molecular complexity index is 167. The molecule has 82 valence electrons. The van der Waals surface area contributed by atoms with E-state index in [1.54, 1.807) is 12.0 Å². The molecule has 0 aromatic rings. The molecule has 1 aliphatic rings. The molecule has 0 aromatic heterocycles. The van der Waals surface area contributed by atoms with Gasteiger partial charge in [-0.05, 0) is 19.3 Å². The molecule has 1 rings (SSSR count). The van der Waals surface area contributed by atoms with Crippen molar-refractivity contribution in [2.45, 2.75) is 25.7 Å². The standard InChI is InChI=1S/C10H19NO3/c1-13-8-5-9-14-10(12)11-6-3-2-4-7-11/h2-9H2,1H3. The van der Waals surface area contributed by atoms with E-state index in [0.717, 1.165) is 32.4 Å². The SMILES string of the molecule is COCCCOC(=O)N1CCCCC1. The van der Waals surface area contributed by atoms with Crippen molar-refractivity contribution in [3.05, 3.63) is 0 Å². The number of rotatable bonds is 4. The summed E-state index contributed by atoms with van der Waals surface area (Å²) in [6, 6.07) is 0. The number of likely N-dealkylation sites (tertiary alicyclic amines) is 1. The van der Waals surface area contributed by atoms with Crippen LogP contribution in [0.25, 0.3) is 0 Å². The highest BCUT2D eigenvalue weighted by Crippen LogP contribution is 2.09. The predicted molar refractivity (Wildman–Crippen MR) is 53.3 cm³/mol. The fourth-order valence-corrected chi connectivity index (χ4v) is 1.53. The maximum atomic E-state index is 11.4. The summed E-state index contributed by atoms with van der Waals surface area (Å²) in [5.74, 6) is 0. The second-order valence-electron chi connectivity index (χ2n) is 3.51. The lowest BCUT2D eigenvalue weighted by molar-refractivity contribution is 0.0848. The Balaban J connectivity index is 2.07. The molecule has 0 radical (unpaired) electrons. The topological polar surface area (TPSA) is 38.8 Å². The molecule has 14 heavy (non-hydrogen) atoms. The molecule has 0 unspecified atom stereocenters. The fourth-order valence-electron chi connectivity index (χ4n) is 1.53. The Hall–Kier alpha value is -0.770. The van der Waals surface area contributed by atoms with Gasteiger partial charge in [-0.1, -0.05) is 0 Å². The van der Waals surface area contributed by atoms with E-state index in [9.17, 15) is 4.79 Å². The number of nitrogens with zero attached hydrogens (tertiary/aromatic N) is 1. The average molecular weight is 201 g/mol. The van der Waals surface area contributed by atoms with Crippen molar-refractivity contribution in [3.8, 4) is 0 Å². The van der Waals surface area contributed by atoms with Crippen molar-refractivity contribution in [3.63, 3.8) is 0 Å². The van der Waals surface area contributed by atoms with Crippen LogP contribution in [-0.2, 0) is 9.47 Å². The number of piperidine rings is 1. The summed E-state index contributed by atoms with van der Waals surface area (Å²) < 4.78 is 9.95. The van der Waals surface area contributed by atoms with Crippen LogP contribution >= 0.6 is 0 Å². The normalized spacial score (nSPS) is 16.8. The van der Waals surface area contributed by atoms with E-state index >= 15 is 0 Å². The number of hydrogen-bond donors (Lipinski definition) is 0. The van der Waals surface area contributed by atoms with Crippen LogP contribution in [0, 0.1) is 0 Å². The van der Waals surface area contributed by atoms with E-state index in [1.807, 2.05) is 0 Å². The monoisotopic (exact) mass is 201 g/mol. The molecule has 1 amide bonds. The molecule has 0 aromatic carbocycles. The minimum absolute atomic E-state index is 0.166. The molecule has 4 heteroatoms. The summed E-state index contributed by atoms with van der Waals surface area (Å²) in [5.41, 5.74) is 0. The van der Waals surface area contributed by atoms with E-state index in [4.69, 9.17) is 9.47 Å². The first-order valence-corrected chi connectivity index (χ1v) is 5.25. The van der Waals surface area contributed by atoms with Gasteiger partial charge in [0.2, 0.25) is 0 Å². The lowest BCUT2D eigenvalue weighted by Crippen LogP contribution is -2.36. The minimum atomic E-state index is -0.166. The van der Waals surface area contributed by atoms with Crippen LogP contribution in [-0.4, -0.2) is 44.4 Å². The Labute approximate surface area is 85.2 Å². The number of carbonyl (C=O) groups excluding carboxylic acids is 1. The summed E-state index contributed by atoms with van der Waals surface area (Å²) in [4.78, 5) is 13.2. The van der Waals surface area contributed by atoms with Crippen LogP contribution in [0.15, 0.2) is 0 Å². The first-order valence-electron chi connectivity index (χ1n) is 5.25. The van der Waals surface area contributed by atoms with Crippen LogP contribution in [0.2, 0.25) is 0 Å². The van der Waals surface area contributed by atoms with Gasteiger partial charge in [0.25, 0.3) is 0 Å². The zero-order valence-corrected chi connectivity index (χ0v) is 8.83. The number of methoxy groups -OCH3 is 1. The van der Waals surface area contributed by atoms with E-state index in [2.05, 4.69) is 0 Å². The number of carbonyl (C=O) groups is 1. The number of amides is 1. The third-order valence-electron chi connectivity index (χ3n) is 2.33. The molecule has 1 heterocycles. The number of ether oxygens (including phenoxy) is 2. The first-order chi connectivity index (χ1) is 6.84. The average Bonchev–Trinajstić information content (AvgIpc) is 2.25. The van der Waals surface area contributed by atoms with Gasteiger partial charge in [0.1, 0.15) is 0 Å². The highest BCUT2D eigenvalue weighted by molar-refractivity contribution is 5.67. The van der Waals surface area contributed by atoms with Crippen LogP contribution in [0.1, 0.15) is 25.7 Å². The third-order valence-corrected chi connectivity index (χ3v) is 2.33. The van der Waals surface area contributed by atoms with Gasteiger partial charge >= 0.3 is 6.09 Å². The van der Waals surface area contributed by atoms with Crippen molar-refractivity contribution in [1.82, 2.24) is 4.90 Å². The lowest BCUT2D eigenvalue weighted by atomic mass is 10.1. The van der Waals surface area contributed by atoms with Crippen molar-refractivity contribution in [1.29, 1.82) is 0 Å². The molecule has 0 N–H and O–H groups in total. The Morgan fingerprint density at radius 1 is 1.21 bits per heavy atom. The van der Waals surface area contributed by atoms with Gasteiger partial charge in [-0.3, -0.25) is 0 Å². The van der Waals surface area contributed by atoms with Crippen molar-refractivity contribution in [2.24, 2.45) is 0 Å². The summed E-state index contributed by atoms with van der Waals surface area (Å²) in [6.45, 7) is 2.81. The third kappa shape index (κ3) is 3.96. The maximum Gasteiger partial charge on any atom is 0.409 e. The van der Waals surface area contributed by atoms with Crippen LogP contribution in [0.3, 0.4) is 0 Å². The molecule has 0 aliphatic carbocycles. The van der Waals surface area contributed by atoms with Crippen molar-refractivity contribution < 1.29 is 14.3 Å². The summed E-state index contributed by atoms with van der Waals surface area (Å²) in [6.07, 6.45) is 4.05. The summed E-state index contributed by atoms with van der Waals surface area (Å²) in [7, 11) is 1.65. The molecule has 0 spiro atoms. The fraction of sp³-hybridized carbons (Fsp3) is 0.900. The molecule has 1 saturated heterocycles. The van der Waals surface area contributed by atoms with Gasteiger partial charge in [0.15, 0.2) is 0 Å². The zero-order chi connectivity index (χ0) is 10.2. The van der Waals surface area contributed by atoms with Crippen molar-refractivity contribution >= 4 is 6.09 Å². The second kappa shape index (κ2) is 6.65. The molecule has 0 bridgehead atoms. The molecule has 0 atom stereocenters. The van der Waals surface area contributed by atoms with Gasteiger partial charge < -0.3 is 14.4 Å². The van der Waals surface area contributed by atoms with Gasteiger partial charge in [-0.2, -0.15) is 0 Å². The van der Waals surface area contributed by atoms with Gasteiger partial charge in [-0.25, -0.2) is 4.79 Å². The summed E-state index contributed by atoms with van der Waals surface area (Å²) >= 11 is 0. The second-order valence-corrected chi connectivity index (χ2v) is 3.51. The highest BCUT2D eigenvalue weighted by atomic mass is 16.6. The van der Waals surface area contributed by atoms with Crippen molar-refractivity contribution in [2.75, 3.05) is 33.4 Å². The quantitative estimate of drug-likeness (QED) is 0.649. The van der Waals surface area contributed by atoms with Crippen LogP contribution in [0.4, 0.5) is 4.79 Å². The Kier molecular flexibility index (Phi) is 5.37. The van der Waals surface area contributed by atoms with Crippen LogP contribution in [0.5, 0.6) is 0 Å². The molecule has 1 fully saturated rings. The van der Waals surface area contributed by atoms with Gasteiger partial charge in [0.05, 0.1) is 6.61 Å². The zero-order valence-electron chi connectivity index (χ0n) is 8.83. The predicted octanol–water partition coefficient (Wildman–Crippen LogP) is 1.65. The Morgan fingerprint density at radius 2 is 1.93 bits per heavy atom. The van der Waals surface area contributed by atoms with Gasteiger partial charge in [0, 0.05) is 33.2 Å². The lowest BCUT2D eigenvalue weighted by Gasteiger charge is -2.25. The first kappa shape index (κ1) is 11.3. The Morgan fingerprint density at radius 3 is 2.57 bits per heavy atom. The molecular weight excluding hydrogens is 182 g/mol. The summed E-state index contributed by atoms with van der Waals surface area (Å²) in [5, 5.41) is 0. The molecular formula is C10H19NO3. The van der Waals surface area contributed by atoms with Crippen LogP contribution < -0.4 is 0 Å². The van der Waals surface area contributed by atoms with E-state index in [1.165, 1.54) is 6.42 Å². The maximum absolute atomic E-state index is 11.4. The largest absolute Gasteiger partial charge is 0.449 e. The number of hydrogen-bond acceptors (Lipinski definition) is 3. The smallest absolute Gasteiger partial charge is 0.409 e. The van der Waals surface area contributed by atoms with E-state index in [-0.39, 0.29) is 6.09 Å². The molecule has 1 aliphatic heterocycles. The van der Waals surface area contributed by atoms with Gasteiger partial charge in [-0.15, -0.1) is 0 Å².